The van der Waals surface area contributed by atoms with Crippen molar-refractivity contribution in [1.82, 2.24) is 15.1 Å². The van der Waals surface area contributed by atoms with Crippen molar-refractivity contribution >= 4 is 0 Å². The molecule has 4 heteroatoms. The fourth-order valence-corrected chi connectivity index (χ4v) is 1.98. The van der Waals surface area contributed by atoms with Gasteiger partial charge in [0.15, 0.2) is 0 Å². The highest BCUT2D eigenvalue weighted by Crippen LogP contribution is 2.23. The summed E-state index contributed by atoms with van der Waals surface area (Å²) in [5, 5.41) is 6.43. The molecule has 1 aromatic carbocycles. The van der Waals surface area contributed by atoms with Gasteiger partial charge >= 0.3 is 0 Å². The van der Waals surface area contributed by atoms with Crippen LogP contribution in [0.2, 0.25) is 0 Å². The number of aryl methyl sites for hydroxylation is 1. The van der Waals surface area contributed by atoms with Gasteiger partial charge in [-0.1, -0.05) is 18.2 Å². The van der Waals surface area contributed by atoms with Crippen molar-refractivity contribution in [3.63, 3.8) is 0 Å². The number of rotatable bonds is 3. The maximum absolute atomic E-state index is 11.9. The highest BCUT2D eigenvalue weighted by atomic mass is 16.1. The summed E-state index contributed by atoms with van der Waals surface area (Å²) in [7, 11) is 4.08. The lowest BCUT2D eigenvalue weighted by molar-refractivity contribution is 0.321. The molecule has 0 aliphatic rings. The van der Waals surface area contributed by atoms with Crippen LogP contribution < -0.4 is 5.56 Å². The maximum atomic E-state index is 11.9. The number of hydrogen-bond acceptors (Lipinski definition) is 3. The van der Waals surface area contributed by atoms with E-state index in [1.54, 1.807) is 0 Å². The molecular formula is C15H19N3O. The van der Waals surface area contributed by atoms with Crippen LogP contribution in [0.15, 0.2) is 35.1 Å². The molecule has 0 bridgehead atoms. The third-order valence-corrected chi connectivity index (χ3v) is 3.39. The van der Waals surface area contributed by atoms with Gasteiger partial charge in [0, 0.05) is 6.04 Å². The van der Waals surface area contributed by atoms with E-state index in [2.05, 4.69) is 34.2 Å². The lowest BCUT2D eigenvalue weighted by Crippen LogP contribution is -2.17. The number of H-pyrrole nitrogens is 1. The minimum absolute atomic E-state index is 0.153. The average Bonchev–Trinajstić information content (AvgIpc) is 2.40. The van der Waals surface area contributed by atoms with Crippen molar-refractivity contribution in [2.75, 3.05) is 14.1 Å². The van der Waals surface area contributed by atoms with Crippen LogP contribution >= 0.6 is 0 Å². The Bertz CT molecular complexity index is 631. The van der Waals surface area contributed by atoms with Crippen molar-refractivity contribution in [2.24, 2.45) is 0 Å². The Balaban J connectivity index is 2.49. The smallest absolute Gasteiger partial charge is 0.272 e. The molecule has 1 aromatic heterocycles. The van der Waals surface area contributed by atoms with Gasteiger partial charge in [-0.3, -0.25) is 4.79 Å². The zero-order valence-electron chi connectivity index (χ0n) is 11.8. The van der Waals surface area contributed by atoms with E-state index in [4.69, 9.17) is 0 Å². The highest BCUT2D eigenvalue weighted by Gasteiger charge is 2.10. The molecule has 0 spiro atoms. The molecule has 0 aliphatic heterocycles. The summed E-state index contributed by atoms with van der Waals surface area (Å²) in [5.41, 5.74) is 3.44. The molecule has 1 N–H and O–H groups in total. The second-order valence-electron chi connectivity index (χ2n) is 5.02. The number of aromatic amines is 1. The summed E-state index contributed by atoms with van der Waals surface area (Å²) in [4.78, 5) is 14.0. The second-order valence-corrected chi connectivity index (χ2v) is 5.02. The first-order valence-electron chi connectivity index (χ1n) is 6.32. The Morgan fingerprint density at radius 1 is 1.26 bits per heavy atom. The van der Waals surface area contributed by atoms with Crippen LogP contribution in [0.5, 0.6) is 0 Å². The minimum Gasteiger partial charge on any atom is -0.303 e. The normalized spacial score (nSPS) is 12.7. The van der Waals surface area contributed by atoms with Crippen LogP contribution in [-0.4, -0.2) is 29.2 Å². The number of nitrogens with zero attached hydrogens (tertiary/aromatic N) is 2. The number of hydrogen-bond donors (Lipinski definition) is 1. The van der Waals surface area contributed by atoms with E-state index in [1.165, 1.54) is 5.56 Å². The van der Waals surface area contributed by atoms with Crippen LogP contribution in [0.1, 0.15) is 24.2 Å². The lowest BCUT2D eigenvalue weighted by Gasteiger charge is -2.20. The number of nitrogens with one attached hydrogen (secondary N) is 1. The average molecular weight is 257 g/mol. The van der Waals surface area contributed by atoms with E-state index in [1.807, 2.05) is 39.2 Å². The SMILES string of the molecule is Cc1cc(-c2cccc(C(C)N(C)C)c2)c(=O)[nH]n1. The molecule has 2 aromatic rings. The Hall–Kier alpha value is -1.94. The van der Waals surface area contributed by atoms with Crippen molar-refractivity contribution in [3.8, 4) is 11.1 Å². The predicted molar refractivity (Wildman–Crippen MR) is 77.1 cm³/mol. The zero-order chi connectivity index (χ0) is 14.0. The van der Waals surface area contributed by atoms with Crippen molar-refractivity contribution in [2.45, 2.75) is 19.9 Å². The van der Waals surface area contributed by atoms with Gasteiger partial charge in [0.1, 0.15) is 0 Å². The topological polar surface area (TPSA) is 49.0 Å². The van der Waals surface area contributed by atoms with Gasteiger partial charge in [-0.2, -0.15) is 5.10 Å². The molecule has 0 aliphatic carbocycles. The fraction of sp³-hybridized carbons (Fsp3) is 0.333. The van der Waals surface area contributed by atoms with Crippen LogP contribution in [-0.2, 0) is 0 Å². The van der Waals surface area contributed by atoms with Crippen molar-refractivity contribution in [3.05, 3.63) is 51.9 Å². The van der Waals surface area contributed by atoms with Crippen LogP contribution in [0.3, 0.4) is 0 Å². The third-order valence-electron chi connectivity index (χ3n) is 3.39. The zero-order valence-corrected chi connectivity index (χ0v) is 11.8. The molecule has 1 atom stereocenters. The summed E-state index contributed by atoms with van der Waals surface area (Å²) < 4.78 is 0. The third kappa shape index (κ3) is 2.90. The summed E-state index contributed by atoms with van der Waals surface area (Å²) in [6, 6.07) is 10.2. The van der Waals surface area contributed by atoms with Gasteiger partial charge in [-0.15, -0.1) is 0 Å². The molecule has 19 heavy (non-hydrogen) atoms. The second kappa shape index (κ2) is 5.36. The molecule has 1 heterocycles. The Morgan fingerprint density at radius 2 is 2.00 bits per heavy atom. The van der Waals surface area contributed by atoms with E-state index in [9.17, 15) is 4.79 Å². The molecular weight excluding hydrogens is 238 g/mol. The van der Waals surface area contributed by atoms with E-state index < -0.39 is 0 Å². The molecule has 0 fully saturated rings. The lowest BCUT2D eigenvalue weighted by atomic mass is 10.0. The Labute approximate surface area is 113 Å². The molecule has 100 valence electrons. The number of aromatic nitrogens is 2. The highest BCUT2D eigenvalue weighted by molar-refractivity contribution is 5.63. The molecule has 0 radical (unpaired) electrons. The van der Waals surface area contributed by atoms with Gasteiger partial charge < -0.3 is 4.90 Å². The molecule has 0 saturated carbocycles. The summed E-state index contributed by atoms with van der Waals surface area (Å²) in [5.74, 6) is 0. The summed E-state index contributed by atoms with van der Waals surface area (Å²) >= 11 is 0. The van der Waals surface area contributed by atoms with Gasteiger partial charge in [0.05, 0.1) is 11.3 Å². The van der Waals surface area contributed by atoms with Crippen LogP contribution in [0.4, 0.5) is 0 Å². The molecule has 4 nitrogen and oxygen atoms in total. The van der Waals surface area contributed by atoms with E-state index in [-0.39, 0.29) is 5.56 Å². The maximum Gasteiger partial charge on any atom is 0.272 e. The van der Waals surface area contributed by atoms with Gasteiger partial charge in [0.2, 0.25) is 0 Å². The minimum atomic E-state index is -0.153. The Morgan fingerprint density at radius 3 is 2.68 bits per heavy atom. The quantitative estimate of drug-likeness (QED) is 0.918. The first kappa shape index (κ1) is 13.5. The largest absolute Gasteiger partial charge is 0.303 e. The summed E-state index contributed by atoms with van der Waals surface area (Å²) in [6.07, 6.45) is 0. The van der Waals surface area contributed by atoms with E-state index >= 15 is 0 Å². The van der Waals surface area contributed by atoms with Gasteiger partial charge in [-0.05, 0) is 51.2 Å². The van der Waals surface area contributed by atoms with Crippen molar-refractivity contribution < 1.29 is 0 Å². The first-order valence-corrected chi connectivity index (χ1v) is 6.32. The molecule has 0 saturated heterocycles. The first-order chi connectivity index (χ1) is 8.99. The molecule has 2 rings (SSSR count). The number of benzene rings is 1. The summed E-state index contributed by atoms with van der Waals surface area (Å²) in [6.45, 7) is 4.01. The van der Waals surface area contributed by atoms with E-state index in [0.29, 0.717) is 11.6 Å². The van der Waals surface area contributed by atoms with E-state index in [0.717, 1.165) is 11.3 Å². The van der Waals surface area contributed by atoms with Crippen LogP contribution in [0.25, 0.3) is 11.1 Å². The molecule has 1 unspecified atom stereocenters. The fourth-order valence-electron chi connectivity index (χ4n) is 1.98. The Kier molecular flexibility index (Phi) is 3.81. The standard InChI is InChI=1S/C15H19N3O/c1-10-8-14(15(19)17-16-10)13-7-5-6-12(9-13)11(2)18(3)4/h5-9,11H,1-4H3,(H,17,19). The van der Waals surface area contributed by atoms with Gasteiger partial charge in [0.25, 0.3) is 5.56 Å². The predicted octanol–water partition coefficient (Wildman–Crippen LogP) is 2.37. The van der Waals surface area contributed by atoms with Crippen LogP contribution in [0, 0.1) is 6.92 Å². The van der Waals surface area contributed by atoms with Crippen molar-refractivity contribution in [1.29, 1.82) is 0 Å². The van der Waals surface area contributed by atoms with Gasteiger partial charge in [-0.25, -0.2) is 5.10 Å². The monoisotopic (exact) mass is 257 g/mol. The molecule has 0 amide bonds.